The fraction of sp³-hybridized carbons (Fsp3) is 0.500. The second kappa shape index (κ2) is 5.29. The number of aliphatic hydroxyl groups excluding tert-OH is 1. The van der Waals surface area contributed by atoms with Crippen LogP contribution in [0.4, 0.5) is 0 Å². The lowest BCUT2D eigenvalue weighted by molar-refractivity contribution is 0.138. The molecule has 1 rings (SSSR count). The summed E-state index contributed by atoms with van der Waals surface area (Å²) in [7, 11) is 1.94. The smallest absolute Gasteiger partial charge is 0.0639 e. The van der Waals surface area contributed by atoms with Crippen LogP contribution in [-0.4, -0.2) is 34.7 Å². The number of nitrogens with zero attached hydrogens (tertiary/aromatic N) is 2. The van der Waals surface area contributed by atoms with E-state index in [1.165, 1.54) is 0 Å². The van der Waals surface area contributed by atoms with Crippen molar-refractivity contribution in [3.8, 4) is 0 Å². The molecular weight excluding hydrogens is 200 g/mol. The molecule has 1 unspecified atom stereocenters. The Hall–Kier alpha value is -0.640. The quantitative estimate of drug-likeness (QED) is 0.826. The van der Waals surface area contributed by atoms with Gasteiger partial charge in [-0.25, -0.2) is 0 Å². The Bertz CT molecular complexity index is 291. The number of aromatic nitrogens is 1. The van der Waals surface area contributed by atoms with Gasteiger partial charge >= 0.3 is 0 Å². The second-order valence-corrected chi connectivity index (χ2v) is 3.95. The van der Waals surface area contributed by atoms with Gasteiger partial charge in [0.05, 0.1) is 11.8 Å². The molecule has 78 valence electrons. The standard InChI is InChI=1S/C10H15ClN2O/c1-8(14)6-13(2)7-10-5-9(11)3-4-12-10/h3-5,8,14H,6-7H2,1-2H3. The Morgan fingerprint density at radius 3 is 2.93 bits per heavy atom. The van der Waals surface area contributed by atoms with Crippen LogP contribution < -0.4 is 0 Å². The summed E-state index contributed by atoms with van der Waals surface area (Å²) >= 11 is 5.83. The maximum Gasteiger partial charge on any atom is 0.0639 e. The van der Waals surface area contributed by atoms with Crippen molar-refractivity contribution in [2.24, 2.45) is 0 Å². The molecule has 3 nitrogen and oxygen atoms in total. The van der Waals surface area contributed by atoms with Gasteiger partial charge in [-0.1, -0.05) is 11.6 Å². The first-order chi connectivity index (χ1) is 6.58. The van der Waals surface area contributed by atoms with Gasteiger partial charge in [-0.15, -0.1) is 0 Å². The molecule has 1 aromatic rings. The van der Waals surface area contributed by atoms with E-state index in [1.807, 2.05) is 18.0 Å². The van der Waals surface area contributed by atoms with Crippen LogP contribution in [0.2, 0.25) is 5.02 Å². The van der Waals surface area contributed by atoms with E-state index in [9.17, 15) is 0 Å². The molecule has 0 bridgehead atoms. The Labute approximate surface area is 89.3 Å². The summed E-state index contributed by atoms with van der Waals surface area (Å²) in [6, 6.07) is 3.58. The average molecular weight is 215 g/mol. The van der Waals surface area contributed by atoms with Crippen LogP contribution in [0.15, 0.2) is 18.3 Å². The molecule has 1 heterocycles. The number of likely N-dealkylation sites (N-methyl/N-ethyl adjacent to an activating group) is 1. The van der Waals surface area contributed by atoms with Crippen molar-refractivity contribution < 1.29 is 5.11 Å². The summed E-state index contributed by atoms with van der Waals surface area (Å²) in [5, 5.41) is 9.86. The van der Waals surface area contributed by atoms with Crippen molar-refractivity contribution in [3.05, 3.63) is 29.0 Å². The van der Waals surface area contributed by atoms with E-state index in [0.29, 0.717) is 18.1 Å². The minimum Gasteiger partial charge on any atom is -0.392 e. The van der Waals surface area contributed by atoms with Gasteiger partial charge in [0.1, 0.15) is 0 Å². The topological polar surface area (TPSA) is 36.4 Å². The van der Waals surface area contributed by atoms with Crippen molar-refractivity contribution in [3.63, 3.8) is 0 Å². The van der Waals surface area contributed by atoms with Gasteiger partial charge in [0.15, 0.2) is 0 Å². The minimum atomic E-state index is -0.320. The lowest BCUT2D eigenvalue weighted by Gasteiger charge is -2.17. The van der Waals surface area contributed by atoms with Crippen molar-refractivity contribution in [2.75, 3.05) is 13.6 Å². The molecule has 0 saturated carbocycles. The van der Waals surface area contributed by atoms with Crippen molar-refractivity contribution in [2.45, 2.75) is 19.6 Å². The monoisotopic (exact) mass is 214 g/mol. The fourth-order valence-corrected chi connectivity index (χ4v) is 1.51. The van der Waals surface area contributed by atoms with Crippen molar-refractivity contribution in [1.82, 2.24) is 9.88 Å². The predicted octanol–water partition coefficient (Wildman–Crippen LogP) is 1.55. The Morgan fingerprint density at radius 1 is 1.64 bits per heavy atom. The third-order valence-corrected chi connectivity index (χ3v) is 2.02. The summed E-state index contributed by atoms with van der Waals surface area (Å²) in [4.78, 5) is 6.18. The zero-order valence-corrected chi connectivity index (χ0v) is 9.20. The molecule has 0 aromatic carbocycles. The summed E-state index contributed by atoms with van der Waals surface area (Å²) in [6.45, 7) is 3.10. The van der Waals surface area contributed by atoms with Crippen LogP contribution in [0.3, 0.4) is 0 Å². The highest BCUT2D eigenvalue weighted by Crippen LogP contribution is 2.09. The van der Waals surface area contributed by atoms with Gasteiger partial charge in [0.25, 0.3) is 0 Å². The molecule has 0 spiro atoms. The van der Waals surface area contributed by atoms with E-state index in [2.05, 4.69) is 4.98 Å². The Balaban J connectivity index is 2.51. The third-order valence-electron chi connectivity index (χ3n) is 1.79. The molecule has 0 aliphatic carbocycles. The molecule has 4 heteroatoms. The molecule has 0 aliphatic rings. The van der Waals surface area contributed by atoms with Crippen LogP contribution in [0, 0.1) is 0 Å². The average Bonchev–Trinajstić information content (AvgIpc) is 2.01. The van der Waals surface area contributed by atoms with Crippen LogP contribution >= 0.6 is 11.6 Å². The molecule has 0 aliphatic heterocycles. The highest BCUT2D eigenvalue weighted by Gasteiger charge is 2.04. The van der Waals surface area contributed by atoms with Crippen molar-refractivity contribution in [1.29, 1.82) is 0 Å². The highest BCUT2D eigenvalue weighted by molar-refractivity contribution is 6.30. The Kier molecular flexibility index (Phi) is 4.32. The number of pyridine rings is 1. The SMILES string of the molecule is CC(O)CN(C)Cc1cc(Cl)ccn1. The van der Waals surface area contributed by atoms with Gasteiger partial charge in [-0.05, 0) is 26.1 Å². The molecule has 1 atom stereocenters. The molecule has 0 amide bonds. The van der Waals surface area contributed by atoms with Crippen LogP contribution in [0.25, 0.3) is 0 Å². The lowest BCUT2D eigenvalue weighted by Crippen LogP contribution is -2.27. The van der Waals surface area contributed by atoms with E-state index in [4.69, 9.17) is 16.7 Å². The molecule has 1 aromatic heterocycles. The van der Waals surface area contributed by atoms with Crippen LogP contribution in [0.5, 0.6) is 0 Å². The van der Waals surface area contributed by atoms with Gasteiger partial charge in [-0.2, -0.15) is 0 Å². The number of hydrogen-bond acceptors (Lipinski definition) is 3. The number of halogens is 1. The van der Waals surface area contributed by atoms with E-state index >= 15 is 0 Å². The van der Waals surface area contributed by atoms with Gasteiger partial charge in [0, 0.05) is 24.3 Å². The molecule has 1 N–H and O–H groups in total. The van der Waals surface area contributed by atoms with E-state index in [-0.39, 0.29) is 6.10 Å². The highest BCUT2D eigenvalue weighted by atomic mass is 35.5. The fourth-order valence-electron chi connectivity index (χ4n) is 1.33. The lowest BCUT2D eigenvalue weighted by atomic mass is 10.3. The van der Waals surface area contributed by atoms with E-state index in [0.717, 1.165) is 5.69 Å². The molecule has 14 heavy (non-hydrogen) atoms. The zero-order valence-electron chi connectivity index (χ0n) is 8.44. The van der Waals surface area contributed by atoms with Gasteiger partial charge < -0.3 is 5.11 Å². The summed E-state index contributed by atoms with van der Waals surface area (Å²) in [5.74, 6) is 0. The summed E-state index contributed by atoms with van der Waals surface area (Å²) in [5.41, 5.74) is 0.917. The molecular formula is C10H15ClN2O. The van der Waals surface area contributed by atoms with E-state index < -0.39 is 0 Å². The van der Waals surface area contributed by atoms with Gasteiger partial charge in [-0.3, -0.25) is 9.88 Å². The molecule has 0 radical (unpaired) electrons. The normalized spacial score (nSPS) is 13.2. The predicted molar refractivity (Wildman–Crippen MR) is 57.3 cm³/mol. The third kappa shape index (κ3) is 4.05. The Morgan fingerprint density at radius 2 is 2.36 bits per heavy atom. The second-order valence-electron chi connectivity index (χ2n) is 3.51. The van der Waals surface area contributed by atoms with E-state index in [1.54, 1.807) is 19.2 Å². The zero-order chi connectivity index (χ0) is 10.6. The number of rotatable bonds is 4. The first-order valence-corrected chi connectivity index (χ1v) is 4.93. The first kappa shape index (κ1) is 11.4. The first-order valence-electron chi connectivity index (χ1n) is 4.55. The molecule has 0 fully saturated rings. The minimum absolute atomic E-state index is 0.320. The largest absolute Gasteiger partial charge is 0.392 e. The number of aliphatic hydroxyl groups is 1. The van der Waals surface area contributed by atoms with Crippen LogP contribution in [0.1, 0.15) is 12.6 Å². The van der Waals surface area contributed by atoms with Crippen LogP contribution in [-0.2, 0) is 6.54 Å². The van der Waals surface area contributed by atoms with Gasteiger partial charge in [0.2, 0.25) is 0 Å². The van der Waals surface area contributed by atoms with Crippen molar-refractivity contribution >= 4 is 11.6 Å². The maximum absolute atomic E-state index is 9.17. The molecule has 0 saturated heterocycles. The number of hydrogen-bond donors (Lipinski definition) is 1. The maximum atomic E-state index is 9.17. The summed E-state index contributed by atoms with van der Waals surface area (Å²) < 4.78 is 0. The summed E-state index contributed by atoms with van der Waals surface area (Å²) in [6.07, 6.45) is 1.37.